The number of hydrogen-bond donors (Lipinski definition) is 1. The van der Waals surface area contributed by atoms with Gasteiger partial charge in [-0.25, -0.2) is 9.97 Å². The summed E-state index contributed by atoms with van der Waals surface area (Å²) >= 11 is 3.10. The van der Waals surface area contributed by atoms with Gasteiger partial charge in [-0.3, -0.25) is 0 Å². The molecule has 0 saturated carbocycles. The topological polar surface area (TPSA) is 51.8 Å². The second kappa shape index (κ2) is 3.29. The molecule has 2 heterocycles. The summed E-state index contributed by atoms with van der Waals surface area (Å²) in [6.07, 6.45) is 0. The van der Waals surface area contributed by atoms with Crippen molar-refractivity contribution in [3.8, 4) is 11.3 Å². The zero-order chi connectivity index (χ0) is 10.3. The van der Waals surface area contributed by atoms with Gasteiger partial charge >= 0.3 is 0 Å². The Bertz CT molecular complexity index is 612. The van der Waals surface area contributed by atoms with E-state index < -0.39 is 0 Å². The second-order valence-corrected chi connectivity index (χ2v) is 4.88. The second-order valence-electron chi connectivity index (χ2n) is 3.11. The highest BCUT2D eigenvalue weighted by atomic mass is 32.1. The molecule has 0 amide bonds. The van der Waals surface area contributed by atoms with Crippen molar-refractivity contribution in [2.45, 2.75) is 0 Å². The van der Waals surface area contributed by atoms with Gasteiger partial charge < -0.3 is 5.73 Å². The molecule has 0 fully saturated rings. The fourth-order valence-electron chi connectivity index (χ4n) is 1.43. The Kier molecular flexibility index (Phi) is 1.93. The Morgan fingerprint density at radius 1 is 1.20 bits per heavy atom. The Hall–Kier alpha value is -1.46. The van der Waals surface area contributed by atoms with Crippen LogP contribution in [0.3, 0.4) is 0 Å². The zero-order valence-corrected chi connectivity index (χ0v) is 9.31. The van der Waals surface area contributed by atoms with E-state index in [4.69, 9.17) is 5.73 Å². The van der Waals surface area contributed by atoms with Crippen LogP contribution in [0, 0.1) is 0 Å². The maximum Gasteiger partial charge on any atom is 0.180 e. The summed E-state index contributed by atoms with van der Waals surface area (Å²) in [5, 5.41) is 2.58. The number of benzene rings is 1. The summed E-state index contributed by atoms with van der Waals surface area (Å²) < 4.78 is 1.18. The molecule has 3 nitrogen and oxygen atoms in total. The van der Waals surface area contributed by atoms with Gasteiger partial charge in [0.05, 0.1) is 21.4 Å². The molecule has 2 N–H and O–H groups in total. The summed E-state index contributed by atoms with van der Waals surface area (Å²) in [5.74, 6) is 0. The summed E-state index contributed by atoms with van der Waals surface area (Å²) in [5.41, 5.74) is 10.5. The fraction of sp³-hybridized carbons (Fsp3) is 0. The molecule has 3 rings (SSSR count). The van der Waals surface area contributed by atoms with Crippen LogP contribution in [0.4, 0.5) is 5.13 Å². The molecule has 3 aromatic rings. The van der Waals surface area contributed by atoms with Crippen molar-refractivity contribution in [3.05, 3.63) is 29.1 Å². The van der Waals surface area contributed by atoms with Gasteiger partial charge in [-0.2, -0.15) is 0 Å². The Morgan fingerprint density at radius 2 is 2.13 bits per heavy atom. The minimum atomic E-state index is 0.606. The number of nitrogens with two attached hydrogens (primary N) is 1. The fourth-order valence-corrected chi connectivity index (χ4v) is 2.72. The molecule has 0 aliphatic carbocycles. The number of aromatic nitrogens is 2. The van der Waals surface area contributed by atoms with E-state index in [0.717, 1.165) is 16.8 Å². The Balaban J connectivity index is 2.18. The van der Waals surface area contributed by atoms with E-state index in [1.165, 1.54) is 16.0 Å². The van der Waals surface area contributed by atoms with Crippen LogP contribution in [0.2, 0.25) is 0 Å². The van der Waals surface area contributed by atoms with Crippen molar-refractivity contribution in [2.75, 3.05) is 5.73 Å². The van der Waals surface area contributed by atoms with Crippen LogP contribution in [0.1, 0.15) is 0 Å². The van der Waals surface area contributed by atoms with E-state index in [2.05, 4.69) is 16.0 Å². The van der Waals surface area contributed by atoms with Crippen molar-refractivity contribution in [1.82, 2.24) is 9.97 Å². The normalized spacial score (nSPS) is 10.9. The lowest BCUT2D eigenvalue weighted by Gasteiger charge is -1.95. The van der Waals surface area contributed by atoms with Crippen LogP contribution in [0.5, 0.6) is 0 Å². The molecule has 0 spiro atoms. The smallest absolute Gasteiger partial charge is 0.180 e. The molecule has 1 aromatic carbocycles. The monoisotopic (exact) mass is 233 g/mol. The first-order chi connectivity index (χ1) is 7.33. The third kappa shape index (κ3) is 1.49. The van der Waals surface area contributed by atoms with Gasteiger partial charge in [-0.15, -0.1) is 22.7 Å². The average Bonchev–Trinajstić information content (AvgIpc) is 2.84. The maximum atomic E-state index is 5.61. The van der Waals surface area contributed by atoms with Crippen LogP contribution < -0.4 is 5.73 Å². The molecule has 0 bridgehead atoms. The van der Waals surface area contributed by atoms with Gasteiger partial charge in [0, 0.05) is 10.9 Å². The largest absolute Gasteiger partial charge is 0.375 e. The first-order valence-electron chi connectivity index (χ1n) is 4.37. The lowest BCUT2D eigenvalue weighted by molar-refractivity contribution is 1.41. The van der Waals surface area contributed by atoms with Gasteiger partial charge in [-0.1, -0.05) is 6.07 Å². The molecule has 0 atom stereocenters. The molecule has 74 valence electrons. The van der Waals surface area contributed by atoms with Crippen molar-refractivity contribution >= 4 is 38.0 Å². The van der Waals surface area contributed by atoms with E-state index in [9.17, 15) is 0 Å². The van der Waals surface area contributed by atoms with Crippen molar-refractivity contribution in [2.24, 2.45) is 0 Å². The highest BCUT2D eigenvalue weighted by Crippen LogP contribution is 2.27. The van der Waals surface area contributed by atoms with E-state index in [0.29, 0.717) is 5.13 Å². The number of rotatable bonds is 1. The van der Waals surface area contributed by atoms with Crippen LogP contribution >= 0.6 is 22.7 Å². The number of thiazole rings is 2. The summed E-state index contributed by atoms with van der Waals surface area (Å²) in [4.78, 5) is 8.49. The first-order valence-corrected chi connectivity index (χ1v) is 6.13. The van der Waals surface area contributed by atoms with Crippen LogP contribution in [-0.4, -0.2) is 9.97 Å². The van der Waals surface area contributed by atoms with Crippen molar-refractivity contribution in [1.29, 1.82) is 0 Å². The minimum Gasteiger partial charge on any atom is -0.375 e. The van der Waals surface area contributed by atoms with Crippen molar-refractivity contribution < 1.29 is 0 Å². The van der Waals surface area contributed by atoms with Crippen LogP contribution in [0.25, 0.3) is 21.5 Å². The van der Waals surface area contributed by atoms with Gasteiger partial charge in [0.2, 0.25) is 0 Å². The maximum absolute atomic E-state index is 5.61. The van der Waals surface area contributed by atoms with Crippen LogP contribution in [-0.2, 0) is 0 Å². The highest BCUT2D eigenvalue weighted by molar-refractivity contribution is 7.16. The quantitative estimate of drug-likeness (QED) is 0.703. The minimum absolute atomic E-state index is 0.606. The molecule has 5 heteroatoms. The van der Waals surface area contributed by atoms with E-state index in [-0.39, 0.29) is 0 Å². The number of anilines is 1. The third-order valence-corrected chi connectivity index (χ3v) is 3.61. The predicted octanol–water partition coefficient (Wildman–Crippen LogP) is 3.00. The number of nitrogens with zero attached hydrogens (tertiary/aromatic N) is 2. The van der Waals surface area contributed by atoms with Gasteiger partial charge in [0.1, 0.15) is 0 Å². The third-order valence-electron chi connectivity index (χ3n) is 2.15. The predicted molar refractivity (Wildman–Crippen MR) is 65.1 cm³/mol. The van der Waals surface area contributed by atoms with Crippen molar-refractivity contribution in [3.63, 3.8) is 0 Å². The molecule has 0 radical (unpaired) electrons. The van der Waals surface area contributed by atoms with E-state index in [1.807, 2.05) is 23.0 Å². The highest BCUT2D eigenvalue weighted by Gasteiger charge is 2.04. The molecule has 0 aliphatic rings. The Labute approximate surface area is 94.2 Å². The molecular formula is C10H7N3S2. The van der Waals surface area contributed by atoms with E-state index >= 15 is 0 Å². The average molecular weight is 233 g/mol. The lowest BCUT2D eigenvalue weighted by atomic mass is 10.2. The zero-order valence-electron chi connectivity index (χ0n) is 7.68. The number of fused-ring (bicyclic) bond motifs is 1. The summed E-state index contributed by atoms with van der Waals surface area (Å²) in [6, 6.07) is 6.13. The van der Waals surface area contributed by atoms with Crippen LogP contribution in [0.15, 0.2) is 29.1 Å². The van der Waals surface area contributed by atoms with Gasteiger partial charge in [0.25, 0.3) is 0 Å². The Morgan fingerprint density at radius 3 is 2.93 bits per heavy atom. The van der Waals surface area contributed by atoms with E-state index in [1.54, 1.807) is 11.3 Å². The summed E-state index contributed by atoms with van der Waals surface area (Å²) in [7, 11) is 0. The molecule has 15 heavy (non-hydrogen) atoms. The molecule has 0 aliphatic heterocycles. The van der Waals surface area contributed by atoms with Gasteiger partial charge in [-0.05, 0) is 12.1 Å². The summed E-state index contributed by atoms with van der Waals surface area (Å²) in [6.45, 7) is 0. The number of nitrogen functional groups attached to an aromatic ring is 1. The lowest BCUT2D eigenvalue weighted by Crippen LogP contribution is -1.82. The standard InChI is InChI=1S/C10H7N3S2/c11-10-13-8(4-14-10)6-1-2-7-9(3-6)15-5-12-7/h1-5H,(H2,11,13). The van der Waals surface area contributed by atoms with Gasteiger partial charge in [0.15, 0.2) is 5.13 Å². The molecule has 0 saturated heterocycles. The number of hydrogen-bond acceptors (Lipinski definition) is 5. The SMILES string of the molecule is Nc1nc(-c2ccc3ncsc3c2)cs1. The molecule has 0 unspecified atom stereocenters. The first kappa shape index (κ1) is 8.82. The molecular weight excluding hydrogens is 226 g/mol. The molecule has 2 aromatic heterocycles.